The SMILES string of the molecule is CC.CC(=O)C1CC1.CO.Cc1cccc(COc2ccccc2)c1.[HH].[HH]. The molecular formula is C22H36O3. The minimum atomic E-state index is 0. The molecule has 2 aromatic carbocycles. The van der Waals surface area contributed by atoms with Gasteiger partial charge in [0.1, 0.15) is 18.1 Å². The van der Waals surface area contributed by atoms with Crippen molar-refractivity contribution < 1.29 is 17.5 Å². The van der Waals surface area contributed by atoms with Crippen LogP contribution in [0.2, 0.25) is 0 Å². The van der Waals surface area contributed by atoms with Crippen molar-refractivity contribution in [2.75, 3.05) is 7.11 Å². The van der Waals surface area contributed by atoms with Crippen LogP contribution in [0, 0.1) is 12.8 Å². The molecular weight excluding hydrogens is 312 g/mol. The molecule has 142 valence electrons. The normalized spacial score (nSPS) is 11.4. The van der Waals surface area contributed by atoms with Crippen LogP contribution >= 0.6 is 0 Å². The fraction of sp³-hybridized carbons (Fsp3) is 0.409. The van der Waals surface area contributed by atoms with E-state index in [9.17, 15) is 4.79 Å². The summed E-state index contributed by atoms with van der Waals surface area (Å²) in [5.41, 5.74) is 2.48. The van der Waals surface area contributed by atoms with Crippen LogP contribution < -0.4 is 4.74 Å². The zero-order valence-electron chi connectivity index (χ0n) is 16.2. The third kappa shape index (κ3) is 11.1. The van der Waals surface area contributed by atoms with E-state index in [1.165, 1.54) is 11.1 Å². The molecule has 0 bridgehead atoms. The fourth-order valence-electron chi connectivity index (χ4n) is 1.98. The first kappa shape index (κ1) is 22.9. The number of carbonyl (C=O) groups is 1. The molecule has 0 spiro atoms. The molecule has 25 heavy (non-hydrogen) atoms. The summed E-state index contributed by atoms with van der Waals surface area (Å²) in [7, 11) is 1.00. The number of hydrogen-bond acceptors (Lipinski definition) is 3. The van der Waals surface area contributed by atoms with Gasteiger partial charge in [-0.05, 0) is 44.4 Å². The number of aryl methyl sites for hydroxylation is 1. The van der Waals surface area contributed by atoms with Gasteiger partial charge in [0.25, 0.3) is 0 Å². The lowest BCUT2D eigenvalue weighted by molar-refractivity contribution is -0.118. The van der Waals surface area contributed by atoms with Gasteiger partial charge in [0.2, 0.25) is 0 Å². The molecule has 0 heterocycles. The molecule has 0 amide bonds. The summed E-state index contributed by atoms with van der Waals surface area (Å²) >= 11 is 0. The maximum Gasteiger partial charge on any atom is 0.132 e. The first-order valence-electron chi connectivity index (χ1n) is 8.83. The highest BCUT2D eigenvalue weighted by Gasteiger charge is 2.25. The summed E-state index contributed by atoms with van der Waals surface area (Å²) in [6.45, 7) is 8.38. The summed E-state index contributed by atoms with van der Waals surface area (Å²) < 4.78 is 5.65. The van der Waals surface area contributed by atoms with Crippen LogP contribution in [0.25, 0.3) is 0 Å². The smallest absolute Gasteiger partial charge is 0.132 e. The molecule has 0 saturated heterocycles. The van der Waals surface area contributed by atoms with E-state index in [1.54, 1.807) is 6.92 Å². The minimum absolute atomic E-state index is 0. The van der Waals surface area contributed by atoms with Crippen molar-refractivity contribution in [2.24, 2.45) is 5.92 Å². The van der Waals surface area contributed by atoms with Gasteiger partial charge in [0, 0.05) is 15.9 Å². The van der Waals surface area contributed by atoms with Gasteiger partial charge in [-0.2, -0.15) is 0 Å². The Morgan fingerprint density at radius 2 is 1.68 bits per heavy atom. The average Bonchev–Trinajstić information content (AvgIpc) is 3.50. The third-order valence-electron chi connectivity index (χ3n) is 3.38. The Hall–Kier alpha value is -2.13. The van der Waals surface area contributed by atoms with Gasteiger partial charge < -0.3 is 9.84 Å². The van der Waals surface area contributed by atoms with Crippen LogP contribution in [-0.2, 0) is 11.4 Å². The maximum absolute atomic E-state index is 10.2. The number of aliphatic hydroxyl groups is 1. The Bertz CT molecular complexity index is 585. The molecule has 2 aromatic rings. The number of carbonyl (C=O) groups excluding carboxylic acids is 1. The van der Waals surface area contributed by atoms with Gasteiger partial charge in [-0.15, -0.1) is 0 Å². The first-order valence-corrected chi connectivity index (χ1v) is 8.83. The van der Waals surface area contributed by atoms with E-state index in [4.69, 9.17) is 9.84 Å². The highest BCUT2D eigenvalue weighted by molar-refractivity contribution is 5.80. The lowest BCUT2D eigenvalue weighted by atomic mass is 10.1. The second-order valence-electron chi connectivity index (χ2n) is 5.48. The van der Waals surface area contributed by atoms with Crippen molar-refractivity contribution in [1.29, 1.82) is 0 Å². The lowest BCUT2D eigenvalue weighted by Crippen LogP contribution is -1.95. The molecule has 3 rings (SSSR count). The average molecular weight is 349 g/mol. The van der Waals surface area contributed by atoms with Crippen LogP contribution in [-0.4, -0.2) is 18.0 Å². The van der Waals surface area contributed by atoms with Gasteiger partial charge in [-0.25, -0.2) is 0 Å². The molecule has 3 heteroatoms. The molecule has 1 saturated carbocycles. The Labute approximate surface area is 155 Å². The summed E-state index contributed by atoms with van der Waals surface area (Å²) in [5.74, 6) is 1.75. The van der Waals surface area contributed by atoms with E-state index in [1.807, 2.05) is 44.2 Å². The zero-order valence-corrected chi connectivity index (χ0v) is 16.2. The van der Waals surface area contributed by atoms with Crippen LogP contribution in [0.1, 0.15) is 47.6 Å². The second kappa shape index (κ2) is 14.2. The molecule has 0 aromatic heterocycles. The van der Waals surface area contributed by atoms with E-state index in [2.05, 4.69) is 31.2 Å². The number of benzene rings is 2. The summed E-state index contributed by atoms with van der Waals surface area (Å²) in [6.07, 6.45) is 2.30. The van der Waals surface area contributed by atoms with Crippen molar-refractivity contribution in [2.45, 2.75) is 47.1 Å². The zero-order chi connectivity index (χ0) is 19.1. The number of ketones is 1. The number of para-hydroxylation sites is 1. The molecule has 3 nitrogen and oxygen atoms in total. The molecule has 1 aliphatic carbocycles. The molecule has 1 N–H and O–H groups in total. The van der Waals surface area contributed by atoms with Crippen molar-refractivity contribution in [3.63, 3.8) is 0 Å². The number of hydrogen-bond donors (Lipinski definition) is 1. The number of ether oxygens (including phenoxy) is 1. The maximum atomic E-state index is 10.2. The summed E-state index contributed by atoms with van der Waals surface area (Å²) in [6, 6.07) is 18.2. The molecule has 0 unspecified atom stereocenters. The highest BCUT2D eigenvalue weighted by Crippen LogP contribution is 2.29. The quantitative estimate of drug-likeness (QED) is 0.772. The monoisotopic (exact) mass is 348 g/mol. The predicted octanol–water partition coefficient (Wildman–Crippen LogP) is 5.69. The van der Waals surface area contributed by atoms with Crippen LogP contribution in [0.5, 0.6) is 5.75 Å². The molecule has 0 atom stereocenters. The highest BCUT2D eigenvalue weighted by atomic mass is 16.5. The van der Waals surface area contributed by atoms with Crippen LogP contribution in [0.15, 0.2) is 54.6 Å². The van der Waals surface area contributed by atoms with Crippen LogP contribution in [0.3, 0.4) is 0 Å². The van der Waals surface area contributed by atoms with E-state index >= 15 is 0 Å². The van der Waals surface area contributed by atoms with Crippen LogP contribution in [0.4, 0.5) is 0 Å². The number of aliphatic hydroxyl groups excluding tert-OH is 1. The Balaban J connectivity index is -0.000000408. The molecule has 0 radical (unpaired) electrons. The number of Topliss-reactive ketones (excluding diaryl/α,β-unsaturated/α-hetero) is 1. The van der Waals surface area contributed by atoms with Crippen molar-refractivity contribution >= 4 is 5.78 Å². The minimum Gasteiger partial charge on any atom is -0.489 e. The van der Waals surface area contributed by atoms with Gasteiger partial charge in [-0.1, -0.05) is 61.9 Å². The summed E-state index contributed by atoms with van der Waals surface area (Å²) in [4.78, 5) is 10.2. The molecule has 1 aliphatic rings. The Morgan fingerprint density at radius 1 is 1.08 bits per heavy atom. The van der Waals surface area contributed by atoms with Gasteiger partial charge in [0.05, 0.1) is 0 Å². The van der Waals surface area contributed by atoms with Gasteiger partial charge in [0.15, 0.2) is 0 Å². The Morgan fingerprint density at radius 3 is 2.12 bits per heavy atom. The second-order valence-corrected chi connectivity index (χ2v) is 5.48. The third-order valence-corrected chi connectivity index (χ3v) is 3.38. The van der Waals surface area contributed by atoms with Gasteiger partial charge >= 0.3 is 0 Å². The van der Waals surface area contributed by atoms with E-state index in [0.717, 1.165) is 25.7 Å². The molecule has 0 aliphatic heterocycles. The molecule has 1 fully saturated rings. The predicted molar refractivity (Wildman–Crippen MR) is 109 cm³/mol. The van der Waals surface area contributed by atoms with E-state index < -0.39 is 0 Å². The lowest BCUT2D eigenvalue weighted by Gasteiger charge is -2.06. The summed E-state index contributed by atoms with van der Waals surface area (Å²) in [5, 5.41) is 7.00. The standard InChI is InChI=1S/C14H14O.C5H8O.C2H6.CH4O.2H2/c1-12-6-5-7-13(10-12)11-15-14-8-3-2-4-9-14;1-4(6)5-2-3-5;2*1-2;;/h2-10H,11H2,1H3;5H,2-3H2,1H3;1-2H3;2H,1H3;2*1H. The first-order chi connectivity index (χ1) is 12.1. The Kier molecular flexibility index (Phi) is 13.0. The van der Waals surface area contributed by atoms with E-state index in [0.29, 0.717) is 18.3 Å². The fourth-order valence-corrected chi connectivity index (χ4v) is 1.98. The van der Waals surface area contributed by atoms with E-state index in [-0.39, 0.29) is 2.85 Å². The van der Waals surface area contributed by atoms with Crippen molar-refractivity contribution in [1.82, 2.24) is 0 Å². The topological polar surface area (TPSA) is 46.5 Å². The number of rotatable bonds is 4. The largest absolute Gasteiger partial charge is 0.489 e. The van der Waals surface area contributed by atoms with Gasteiger partial charge in [-0.3, -0.25) is 4.79 Å². The van der Waals surface area contributed by atoms with Crippen molar-refractivity contribution in [3.8, 4) is 5.75 Å². The van der Waals surface area contributed by atoms with Crippen molar-refractivity contribution in [3.05, 3.63) is 65.7 Å².